The van der Waals surface area contributed by atoms with Crippen LogP contribution in [0.1, 0.15) is 51.4 Å². The smallest absolute Gasteiger partial charge is 0.303 e. The summed E-state index contributed by atoms with van der Waals surface area (Å²) in [5.74, 6) is -0.844. The molecule has 0 saturated heterocycles. The lowest BCUT2D eigenvalue weighted by Gasteiger charge is -2.14. The molecule has 0 radical (unpaired) electrons. The first kappa shape index (κ1) is 16.9. The topological polar surface area (TPSA) is 66.4 Å². The highest BCUT2D eigenvalue weighted by Crippen LogP contribution is 2.38. The Morgan fingerprint density at radius 2 is 1.82 bits per heavy atom. The van der Waals surface area contributed by atoms with E-state index in [1.54, 1.807) is 0 Å². The van der Waals surface area contributed by atoms with Crippen LogP contribution in [-0.4, -0.2) is 22.2 Å². The Labute approximate surface area is 135 Å². The van der Waals surface area contributed by atoms with Gasteiger partial charge in [-0.2, -0.15) is 0 Å². The van der Waals surface area contributed by atoms with Crippen molar-refractivity contribution in [1.82, 2.24) is 0 Å². The highest BCUT2D eigenvalue weighted by atomic mass is 32.2. The van der Waals surface area contributed by atoms with Gasteiger partial charge >= 0.3 is 5.97 Å². The second-order valence-corrected chi connectivity index (χ2v) is 7.01. The molecule has 1 fully saturated rings. The molecule has 0 aromatic heterocycles. The van der Waals surface area contributed by atoms with Gasteiger partial charge in [0.15, 0.2) is 0 Å². The number of carboxylic acids is 1. The normalized spacial score (nSPS) is 14.9. The van der Waals surface area contributed by atoms with Gasteiger partial charge in [0.05, 0.1) is 5.69 Å². The maximum Gasteiger partial charge on any atom is 0.303 e. The van der Waals surface area contributed by atoms with E-state index < -0.39 is 5.97 Å². The van der Waals surface area contributed by atoms with Crippen molar-refractivity contribution in [1.29, 1.82) is 0 Å². The molecule has 22 heavy (non-hydrogen) atoms. The number of hydrogen-bond donors (Lipinski definition) is 2. The summed E-state index contributed by atoms with van der Waals surface area (Å²) in [6.45, 7) is 0. The predicted octanol–water partition coefficient (Wildman–Crippen LogP) is 4.30. The Kier molecular flexibility index (Phi) is 6.77. The Balaban J connectivity index is 1.83. The molecule has 2 rings (SSSR count). The molecule has 0 aliphatic heterocycles. The molecular weight excluding hydrogens is 298 g/mol. The number of thioether (sulfide) groups is 1. The van der Waals surface area contributed by atoms with Crippen molar-refractivity contribution >= 4 is 29.3 Å². The summed E-state index contributed by atoms with van der Waals surface area (Å²) in [4.78, 5) is 23.6. The first-order valence-corrected chi connectivity index (χ1v) is 8.80. The molecule has 1 aromatic rings. The Bertz CT molecular complexity index is 512. The van der Waals surface area contributed by atoms with Crippen molar-refractivity contribution in [2.24, 2.45) is 0 Å². The first-order valence-electron chi connectivity index (χ1n) is 7.92. The van der Waals surface area contributed by atoms with Gasteiger partial charge in [0.25, 0.3) is 0 Å². The minimum atomic E-state index is -0.807. The average molecular weight is 321 g/mol. The van der Waals surface area contributed by atoms with Gasteiger partial charge in [-0.3, -0.25) is 9.59 Å². The number of carbonyl (C=O) groups is 2. The van der Waals surface area contributed by atoms with Crippen LogP contribution in [0.4, 0.5) is 5.69 Å². The molecule has 0 unspecified atom stereocenters. The van der Waals surface area contributed by atoms with E-state index in [0.29, 0.717) is 24.5 Å². The van der Waals surface area contributed by atoms with E-state index in [4.69, 9.17) is 5.11 Å². The lowest BCUT2D eigenvalue weighted by atomic mass is 10.2. The van der Waals surface area contributed by atoms with E-state index in [2.05, 4.69) is 11.4 Å². The van der Waals surface area contributed by atoms with Crippen molar-refractivity contribution in [3.63, 3.8) is 0 Å². The maximum absolute atomic E-state index is 12.0. The molecule has 1 aliphatic rings. The van der Waals surface area contributed by atoms with Crippen molar-refractivity contribution in [3.05, 3.63) is 24.3 Å². The molecule has 1 aromatic carbocycles. The van der Waals surface area contributed by atoms with Crippen LogP contribution in [0, 0.1) is 0 Å². The molecule has 120 valence electrons. The summed E-state index contributed by atoms with van der Waals surface area (Å²) < 4.78 is 0. The minimum absolute atomic E-state index is 0.0372. The number of carbonyl (C=O) groups excluding carboxylic acids is 1. The van der Waals surface area contributed by atoms with Crippen molar-refractivity contribution in [2.45, 2.75) is 61.5 Å². The number of carboxylic acid groups (broad SMARTS) is 1. The van der Waals surface area contributed by atoms with Crippen LogP contribution in [0.5, 0.6) is 0 Å². The monoisotopic (exact) mass is 321 g/mol. The summed E-state index contributed by atoms with van der Waals surface area (Å²) in [5, 5.41) is 12.2. The van der Waals surface area contributed by atoms with Crippen molar-refractivity contribution < 1.29 is 14.7 Å². The lowest BCUT2D eigenvalue weighted by Crippen LogP contribution is -2.12. The fourth-order valence-corrected chi connectivity index (χ4v) is 3.96. The summed E-state index contributed by atoms with van der Waals surface area (Å²) in [6, 6.07) is 7.92. The Morgan fingerprint density at radius 1 is 1.14 bits per heavy atom. The summed E-state index contributed by atoms with van der Waals surface area (Å²) in [5.41, 5.74) is 0.877. The quantitative estimate of drug-likeness (QED) is 0.700. The summed E-state index contributed by atoms with van der Waals surface area (Å²) >= 11 is 1.86. The van der Waals surface area contributed by atoms with E-state index >= 15 is 0 Å². The number of amides is 1. The number of rotatable bonds is 8. The van der Waals surface area contributed by atoms with Crippen LogP contribution in [0.3, 0.4) is 0 Å². The van der Waals surface area contributed by atoms with E-state index in [9.17, 15) is 9.59 Å². The number of unbranched alkanes of at least 4 members (excludes halogenated alkanes) is 1. The van der Waals surface area contributed by atoms with E-state index in [-0.39, 0.29) is 12.3 Å². The van der Waals surface area contributed by atoms with Gasteiger partial charge in [-0.15, -0.1) is 11.8 Å². The molecule has 0 bridgehead atoms. The summed E-state index contributed by atoms with van der Waals surface area (Å²) in [7, 11) is 0. The highest BCUT2D eigenvalue weighted by Gasteiger charge is 2.18. The lowest BCUT2D eigenvalue weighted by molar-refractivity contribution is -0.137. The number of hydrogen-bond acceptors (Lipinski definition) is 3. The molecule has 0 spiro atoms. The third kappa shape index (κ3) is 5.72. The van der Waals surface area contributed by atoms with Crippen LogP contribution in [0.25, 0.3) is 0 Å². The number of nitrogens with one attached hydrogen (secondary N) is 1. The zero-order valence-electron chi connectivity index (χ0n) is 12.7. The molecular formula is C17H23NO3S. The predicted molar refractivity (Wildman–Crippen MR) is 89.3 cm³/mol. The number of anilines is 1. The van der Waals surface area contributed by atoms with E-state index in [1.165, 1.54) is 25.7 Å². The van der Waals surface area contributed by atoms with Crippen LogP contribution < -0.4 is 5.32 Å². The third-order valence-electron chi connectivity index (χ3n) is 3.80. The molecule has 2 N–H and O–H groups in total. The largest absolute Gasteiger partial charge is 0.481 e. The molecule has 1 saturated carbocycles. The molecule has 0 heterocycles. The first-order chi connectivity index (χ1) is 10.6. The van der Waals surface area contributed by atoms with Gasteiger partial charge in [0.2, 0.25) is 5.91 Å². The maximum atomic E-state index is 12.0. The zero-order chi connectivity index (χ0) is 15.8. The van der Waals surface area contributed by atoms with E-state index in [1.807, 2.05) is 30.0 Å². The Hall–Kier alpha value is -1.49. The number of para-hydroxylation sites is 1. The molecule has 1 aliphatic carbocycles. The van der Waals surface area contributed by atoms with Crippen LogP contribution in [0.2, 0.25) is 0 Å². The van der Waals surface area contributed by atoms with E-state index in [0.717, 1.165) is 10.6 Å². The van der Waals surface area contributed by atoms with Gasteiger partial charge in [-0.25, -0.2) is 0 Å². The fraction of sp³-hybridized carbons (Fsp3) is 0.529. The second-order valence-electron chi connectivity index (χ2n) is 5.67. The zero-order valence-corrected chi connectivity index (χ0v) is 13.5. The molecule has 4 nitrogen and oxygen atoms in total. The number of benzene rings is 1. The summed E-state index contributed by atoms with van der Waals surface area (Å²) in [6.07, 6.45) is 6.75. The molecule has 0 atom stereocenters. The fourth-order valence-electron chi connectivity index (χ4n) is 2.63. The van der Waals surface area contributed by atoms with Crippen molar-refractivity contribution in [3.8, 4) is 0 Å². The van der Waals surface area contributed by atoms with Gasteiger partial charge in [-0.05, 0) is 37.8 Å². The van der Waals surface area contributed by atoms with Gasteiger partial charge in [-0.1, -0.05) is 25.0 Å². The van der Waals surface area contributed by atoms with Crippen LogP contribution in [0.15, 0.2) is 29.2 Å². The SMILES string of the molecule is O=C(O)CCCCC(=O)Nc1ccccc1SC1CCCC1. The number of aliphatic carboxylic acids is 1. The third-order valence-corrected chi connectivity index (χ3v) is 5.22. The molecule has 5 heteroatoms. The molecule has 1 amide bonds. The van der Waals surface area contributed by atoms with Gasteiger partial charge in [0.1, 0.15) is 0 Å². The minimum Gasteiger partial charge on any atom is -0.481 e. The highest BCUT2D eigenvalue weighted by molar-refractivity contribution is 8.00. The van der Waals surface area contributed by atoms with Crippen molar-refractivity contribution in [2.75, 3.05) is 5.32 Å². The average Bonchev–Trinajstić information content (AvgIpc) is 2.98. The standard InChI is InChI=1S/C17H23NO3S/c19-16(11-5-6-12-17(20)21)18-14-9-3-4-10-15(14)22-13-7-1-2-8-13/h3-4,9-10,13H,1-2,5-8,11-12H2,(H,18,19)(H,20,21). The van der Waals surface area contributed by atoms with Crippen LogP contribution in [-0.2, 0) is 9.59 Å². The van der Waals surface area contributed by atoms with Crippen LogP contribution >= 0.6 is 11.8 Å². The second kappa shape index (κ2) is 8.83. The van der Waals surface area contributed by atoms with Gasteiger partial charge in [0, 0.05) is 23.0 Å². The Morgan fingerprint density at radius 3 is 2.55 bits per heavy atom. The van der Waals surface area contributed by atoms with Gasteiger partial charge < -0.3 is 10.4 Å².